The largest absolute Gasteiger partial charge is 0.497 e. The molecule has 0 saturated carbocycles. The lowest BCUT2D eigenvalue weighted by molar-refractivity contribution is 0.0954. The van der Waals surface area contributed by atoms with Gasteiger partial charge in [0.1, 0.15) is 11.5 Å². The van der Waals surface area contributed by atoms with E-state index in [4.69, 9.17) is 15.2 Å². The van der Waals surface area contributed by atoms with E-state index in [0.717, 1.165) is 0 Å². The Hall–Kier alpha value is -1.46. The van der Waals surface area contributed by atoms with Gasteiger partial charge in [0, 0.05) is 24.7 Å². The lowest BCUT2D eigenvalue weighted by atomic mass is 10.2. The van der Waals surface area contributed by atoms with Gasteiger partial charge in [-0.25, -0.2) is 0 Å². The molecule has 1 amide bonds. The molecule has 17 heavy (non-hydrogen) atoms. The van der Waals surface area contributed by atoms with Crippen LogP contribution in [-0.2, 0) is 0 Å². The van der Waals surface area contributed by atoms with E-state index in [1.165, 1.54) is 14.2 Å². The number of hydrogen-bond acceptors (Lipinski definition) is 4. The lowest BCUT2D eigenvalue weighted by Gasteiger charge is -2.08. The highest BCUT2D eigenvalue weighted by molar-refractivity contribution is 5.95. The molecule has 0 aliphatic rings. The maximum absolute atomic E-state index is 11.7. The third kappa shape index (κ3) is 4.50. The summed E-state index contributed by atoms with van der Waals surface area (Å²) in [4.78, 5) is 11.7. The summed E-state index contributed by atoms with van der Waals surface area (Å²) in [6.45, 7) is 0.852. The number of ether oxygens (including phenoxy) is 2. The number of rotatable bonds is 5. The fourth-order valence-electron chi connectivity index (χ4n) is 1.23. The zero-order chi connectivity index (χ0) is 12.0. The van der Waals surface area contributed by atoms with Gasteiger partial charge in [-0.1, -0.05) is 0 Å². The summed E-state index contributed by atoms with van der Waals surface area (Å²) in [5.74, 6) is 0.970. The van der Waals surface area contributed by atoms with Crippen LogP contribution < -0.4 is 20.5 Å². The van der Waals surface area contributed by atoms with Gasteiger partial charge in [0.05, 0.1) is 14.2 Å². The number of nitrogens with one attached hydrogen (secondary N) is 1. The normalized spacial score (nSPS) is 9.12. The topological polar surface area (TPSA) is 73.6 Å². The molecule has 0 aliphatic carbocycles. The molecule has 3 N–H and O–H groups in total. The Morgan fingerprint density at radius 1 is 1.24 bits per heavy atom. The average molecular weight is 261 g/mol. The first-order chi connectivity index (χ1) is 7.71. The van der Waals surface area contributed by atoms with Gasteiger partial charge in [0.25, 0.3) is 5.91 Å². The minimum absolute atomic E-state index is 0. The van der Waals surface area contributed by atoms with Gasteiger partial charge in [-0.2, -0.15) is 0 Å². The Balaban J connectivity index is 0.00000256. The van der Waals surface area contributed by atoms with Crippen LogP contribution in [0.25, 0.3) is 0 Å². The van der Waals surface area contributed by atoms with Crippen LogP contribution in [0.4, 0.5) is 0 Å². The van der Waals surface area contributed by atoms with E-state index in [1.807, 2.05) is 0 Å². The quantitative estimate of drug-likeness (QED) is 0.822. The second-order valence-corrected chi connectivity index (χ2v) is 3.15. The molecule has 5 nitrogen and oxygen atoms in total. The summed E-state index contributed by atoms with van der Waals surface area (Å²) in [5, 5.41) is 2.68. The number of halogens is 1. The van der Waals surface area contributed by atoms with Crippen molar-refractivity contribution in [1.29, 1.82) is 0 Å². The van der Waals surface area contributed by atoms with Gasteiger partial charge in [0.15, 0.2) is 0 Å². The van der Waals surface area contributed by atoms with Crippen molar-refractivity contribution in [3.63, 3.8) is 0 Å². The molecule has 0 spiro atoms. The lowest BCUT2D eigenvalue weighted by Crippen LogP contribution is -2.28. The molecule has 0 bridgehead atoms. The molecule has 1 aromatic carbocycles. The van der Waals surface area contributed by atoms with Gasteiger partial charge in [-0.05, 0) is 12.1 Å². The molecule has 0 atom stereocenters. The second kappa shape index (κ2) is 7.76. The van der Waals surface area contributed by atoms with Gasteiger partial charge >= 0.3 is 0 Å². The number of methoxy groups -OCH3 is 2. The first-order valence-corrected chi connectivity index (χ1v) is 4.92. The molecule has 1 rings (SSSR count). The Morgan fingerprint density at radius 2 is 1.76 bits per heavy atom. The first-order valence-electron chi connectivity index (χ1n) is 4.92. The van der Waals surface area contributed by atoms with Crippen molar-refractivity contribution in [2.45, 2.75) is 0 Å². The van der Waals surface area contributed by atoms with E-state index in [-0.39, 0.29) is 18.3 Å². The Kier molecular flexibility index (Phi) is 7.09. The molecular weight excluding hydrogens is 244 g/mol. The second-order valence-electron chi connectivity index (χ2n) is 3.15. The summed E-state index contributed by atoms with van der Waals surface area (Å²) in [6, 6.07) is 5.00. The van der Waals surface area contributed by atoms with Crippen molar-refractivity contribution in [3.05, 3.63) is 23.8 Å². The standard InChI is InChI=1S/C11H16N2O3.ClH/c1-15-9-5-8(6-10(7-9)16-2)11(14)13-4-3-12;/h5-7H,3-4,12H2,1-2H3,(H,13,14);1H. The number of hydrogen-bond donors (Lipinski definition) is 2. The Bertz CT molecular complexity index is 349. The number of amides is 1. The van der Waals surface area contributed by atoms with Crippen LogP contribution in [-0.4, -0.2) is 33.2 Å². The number of benzene rings is 1. The van der Waals surface area contributed by atoms with E-state index in [0.29, 0.717) is 30.2 Å². The van der Waals surface area contributed by atoms with Crippen LogP contribution in [0.3, 0.4) is 0 Å². The third-order valence-electron chi connectivity index (χ3n) is 2.04. The van der Waals surface area contributed by atoms with Crippen LogP contribution >= 0.6 is 12.4 Å². The fraction of sp³-hybridized carbons (Fsp3) is 0.364. The smallest absolute Gasteiger partial charge is 0.251 e. The molecule has 0 radical (unpaired) electrons. The molecule has 1 aromatic rings. The van der Waals surface area contributed by atoms with Crippen molar-refractivity contribution in [2.75, 3.05) is 27.3 Å². The van der Waals surface area contributed by atoms with E-state index in [2.05, 4.69) is 5.32 Å². The molecule has 96 valence electrons. The van der Waals surface area contributed by atoms with Crippen molar-refractivity contribution in [2.24, 2.45) is 5.73 Å². The first kappa shape index (κ1) is 15.5. The van der Waals surface area contributed by atoms with Gasteiger partial charge < -0.3 is 20.5 Å². The SMILES string of the molecule is COc1cc(OC)cc(C(=O)NCCN)c1.Cl. The molecule has 0 saturated heterocycles. The number of carbonyl (C=O) groups is 1. The zero-order valence-electron chi connectivity index (χ0n) is 9.86. The van der Waals surface area contributed by atoms with Crippen LogP contribution in [0.15, 0.2) is 18.2 Å². The third-order valence-corrected chi connectivity index (χ3v) is 2.04. The van der Waals surface area contributed by atoms with Gasteiger partial charge in [-0.15, -0.1) is 12.4 Å². The number of nitrogens with two attached hydrogens (primary N) is 1. The summed E-state index contributed by atoms with van der Waals surface area (Å²) >= 11 is 0. The number of carbonyl (C=O) groups excluding carboxylic acids is 1. The molecule has 0 aliphatic heterocycles. The highest BCUT2D eigenvalue weighted by Gasteiger charge is 2.08. The minimum Gasteiger partial charge on any atom is -0.497 e. The maximum atomic E-state index is 11.7. The maximum Gasteiger partial charge on any atom is 0.251 e. The molecular formula is C11H17ClN2O3. The van der Waals surface area contributed by atoms with Crippen LogP contribution in [0.2, 0.25) is 0 Å². The van der Waals surface area contributed by atoms with Crippen LogP contribution in [0, 0.1) is 0 Å². The fourth-order valence-corrected chi connectivity index (χ4v) is 1.23. The summed E-state index contributed by atoms with van der Waals surface area (Å²) in [6.07, 6.45) is 0. The van der Waals surface area contributed by atoms with Crippen LogP contribution in [0.1, 0.15) is 10.4 Å². The van der Waals surface area contributed by atoms with Crippen molar-refractivity contribution >= 4 is 18.3 Å². The van der Waals surface area contributed by atoms with Crippen LogP contribution in [0.5, 0.6) is 11.5 Å². The van der Waals surface area contributed by atoms with Crippen molar-refractivity contribution in [3.8, 4) is 11.5 Å². The monoisotopic (exact) mass is 260 g/mol. The molecule has 0 aromatic heterocycles. The molecule has 0 heterocycles. The zero-order valence-corrected chi connectivity index (χ0v) is 10.7. The molecule has 0 fully saturated rings. The predicted octanol–water partition coefficient (Wildman–Crippen LogP) is 0.814. The predicted molar refractivity (Wildman–Crippen MR) is 68.2 cm³/mol. The summed E-state index contributed by atoms with van der Waals surface area (Å²) in [7, 11) is 3.08. The molecule has 0 unspecified atom stereocenters. The van der Waals surface area contributed by atoms with E-state index >= 15 is 0 Å². The highest BCUT2D eigenvalue weighted by atomic mass is 35.5. The highest BCUT2D eigenvalue weighted by Crippen LogP contribution is 2.22. The van der Waals surface area contributed by atoms with E-state index < -0.39 is 0 Å². The van der Waals surface area contributed by atoms with E-state index in [1.54, 1.807) is 18.2 Å². The molecule has 6 heteroatoms. The van der Waals surface area contributed by atoms with Crippen molar-refractivity contribution in [1.82, 2.24) is 5.32 Å². The summed E-state index contributed by atoms with van der Waals surface area (Å²) in [5.41, 5.74) is 5.79. The van der Waals surface area contributed by atoms with Gasteiger partial charge in [-0.3, -0.25) is 4.79 Å². The van der Waals surface area contributed by atoms with E-state index in [9.17, 15) is 4.79 Å². The summed E-state index contributed by atoms with van der Waals surface area (Å²) < 4.78 is 10.1. The minimum atomic E-state index is -0.192. The average Bonchev–Trinajstić information content (AvgIpc) is 2.35. The van der Waals surface area contributed by atoms with Crippen molar-refractivity contribution < 1.29 is 14.3 Å². The van der Waals surface area contributed by atoms with Gasteiger partial charge in [0.2, 0.25) is 0 Å². The Morgan fingerprint density at radius 3 is 2.18 bits per heavy atom. The Labute approximate surface area is 107 Å².